The maximum atomic E-state index is 13.0. The molecule has 1 fully saturated rings. The summed E-state index contributed by atoms with van der Waals surface area (Å²) in [5, 5.41) is 18.9. The number of carbonyl (C=O) groups is 1. The monoisotopic (exact) mass is 682 g/mol. The average Bonchev–Trinajstić information content (AvgIpc) is 3.63. The van der Waals surface area contributed by atoms with Crippen molar-refractivity contribution >= 4 is 23.3 Å². The normalized spacial score (nSPS) is 25.0. The standard InChI is InChI=1S/C40H47ClN4O4/c1-26(24-49-36-13-18-42-35-9-4-6-27(2)37(35)36)20-29-21-28-10-11-33(48-25-32-12-19-43-45(32)3)23-34(28)39(29)14-16-40(17-15-39,38(46)47)44-31-8-5-7-30(41)22-31/h5,7-8,10-13,18-19,22-23,26-27,29,44H,4,6,9,14-17,20-21,24-25H2,1-3H3,(H,46,47)/t26-,27-,29+,39?,40?/m1/s1. The first kappa shape index (κ1) is 33.5. The number of carboxylic acids is 1. The van der Waals surface area contributed by atoms with Gasteiger partial charge in [-0.15, -0.1) is 0 Å². The molecule has 1 saturated carbocycles. The maximum Gasteiger partial charge on any atom is 0.329 e. The van der Waals surface area contributed by atoms with Crippen LogP contribution in [-0.2, 0) is 36.7 Å². The fraction of sp³-hybridized carbons (Fsp3) is 0.475. The molecule has 2 aromatic carbocycles. The van der Waals surface area contributed by atoms with Gasteiger partial charge in [0.25, 0.3) is 0 Å². The maximum absolute atomic E-state index is 13.0. The number of pyridine rings is 1. The zero-order valence-corrected chi connectivity index (χ0v) is 29.5. The zero-order valence-electron chi connectivity index (χ0n) is 28.8. The van der Waals surface area contributed by atoms with Crippen LogP contribution in [0.5, 0.6) is 11.5 Å². The fourth-order valence-corrected chi connectivity index (χ4v) is 9.06. The number of fused-ring (bicyclic) bond motifs is 3. The SMILES string of the molecule is C[C@@H](COc1ccnc2c1[C@H](C)CCC2)C[C@H]1Cc2ccc(OCc3ccnn3C)cc2C12CCC(Nc1cccc(Cl)c1)(C(=O)O)CC2. The molecule has 0 saturated heterocycles. The van der Waals surface area contributed by atoms with Gasteiger partial charge >= 0.3 is 5.97 Å². The molecule has 4 aromatic rings. The Morgan fingerprint density at radius 2 is 1.94 bits per heavy atom. The first-order valence-corrected chi connectivity index (χ1v) is 18.1. The summed E-state index contributed by atoms with van der Waals surface area (Å²) in [5.74, 6) is 2.13. The molecule has 9 heteroatoms. The highest BCUT2D eigenvalue weighted by Crippen LogP contribution is 2.57. The number of benzene rings is 2. The van der Waals surface area contributed by atoms with Crippen molar-refractivity contribution in [2.45, 2.75) is 95.1 Å². The first-order chi connectivity index (χ1) is 23.7. The Morgan fingerprint density at radius 3 is 2.69 bits per heavy atom. The number of hydrogen-bond donors (Lipinski definition) is 2. The predicted octanol–water partition coefficient (Wildman–Crippen LogP) is 8.51. The molecule has 0 amide bonds. The zero-order chi connectivity index (χ0) is 34.2. The van der Waals surface area contributed by atoms with E-state index in [-0.39, 0.29) is 5.41 Å². The summed E-state index contributed by atoms with van der Waals surface area (Å²) < 4.78 is 14.7. The summed E-state index contributed by atoms with van der Waals surface area (Å²) >= 11 is 6.28. The molecule has 0 radical (unpaired) electrons. The Kier molecular flexibility index (Phi) is 9.35. The summed E-state index contributed by atoms with van der Waals surface area (Å²) in [4.78, 5) is 17.6. The van der Waals surface area contributed by atoms with Gasteiger partial charge in [-0.3, -0.25) is 9.67 Å². The first-order valence-electron chi connectivity index (χ1n) is 17.8. The third-order valence-corrected chi connectivity index (χ3v) is 11.8. The van der Waals surface area contributed by atoms with Crippen LogP contribution in [0.25, 0.3) is 0 Å². The minimum atomic E-state index is -1.07. The molecule has 3 aliphatic carbocycles. The summed E-state index contributed by atoms with van der Waals surface area (Å²) in [6.07, 6.45) is 11.5. The van der Waals surface area contributed by atoms with Gasteiger partial charge in [0, 0.05) is 41.4 Å². The molecule has 2 aromatic heterocycles. The van der Waals surface area contributed by atoms with Gasteiger partial charge in [0.1, 0.15) is 23.6 Å². The molecular formula is C40H47ClN4O4. The van der Waals surface area contributed by atoms with E-state index in [2.05, 4.69) is 47.4 Å². The van der Waals surface area contributed by atoms with Crippen molar-refractivity contribution in [1.29, 1.82) is 0 Å². The summed E-state index contributed by atoms with van der Waals surface area (Å²) in [6.45, 7) is 5.65. The third-order valence-electron chi connectivity index (χ3n) is 11.6. The lowest BCUT2D eigenvalue weighted by Gasteiger charge is -2.47. The quantitative estimate of drug-likeness (QED) is 0.164. The predicted molar refractivity (Wildman–Crippen MR) is 192 cm³/mol. The molecule has 1 spiro atoms. The molecule has 3 atom stereocenters. The van der Waals surface area contributed by atoms with Gasteiger partial charge in [0.2, 0.25) is 0 Å². The number of ether oxygens (including phenoxy) is 2. The van der Waals surface area contributed by atoms with Gasteiger partial charge in [-0.1, -0.05) is 37.6 Å². The molecule has 49 heavy (non-hydrogen) atoms. The van der Waals surface area contributed by atoms with Crippen LogP contribution in [0.4, 0.5) is 5.69 Å². The summed E-state index contributed by atoms with van der Waals surface area (Å²) in [6, 6.07) is 17.9. The van der Waals surface area contributed by atoms with Crippen LogP contribution in [0.3, 0.4) is 0 Å². The minimum absolute atomic E-state index is 0.158. The third kappa shape index (κ3) is 6.64. The van der Waals surface area contributed by atoms with E-state index in [0.717, 1.165) is 55.0 Å². The molecule has 0 unspecified atom stereocenters. The van der Waals surface area contributed by atoms with Crippen LogP contribution in [0.2, 0.25) is 5.02 Å². The molecular weight excluding hydrogens is 636 g/mol. The molecule has 3 aliphatic rings. The van der Waals surface area contributed by atoms with Gasteiger partial charge in [0.15, 0.2) is 0 Å². The lowest BCUT2D eigenvalue weighted by Crippen LogP contribution is -2.53. The summed E-state index contributed by atoms with van der Waals surface area (Å²) in [7, 11) is 1.92. The number of aliphatic carboxylic acids is 1. The number of carboxylic acid groups (broad SMARTS) is 1. The van der Waals surface area contributed by atoms with Crippen molar-refractivity contribution in [2.75, 3.05) is 11.9 Å². The highest BCUT2D eigenvalue weighted by Gasteiger charge is 2.54. The van der Waals surface area contributed by atoms with Gasteiger partial charge in [-0.25, -0.2) is 4.79 Å². The van der Waals surface area contributed by atoms with E-state index in [4.69, 9.17) is 21.1 Å². The molecule has 7 rings (SSSR count). The highest BCUT2D eigenvalue weighted by atomic mass is 35.5. The number of nitrogens with zero attached hydrogens (tertiary/aromatic N) is 3. The van der Waals surface area contributed by atoms with Gasteiger partial charge in [0.05, 0.1) is 12.3 Å². The molecule has 0 bridgehead atoms. The lowest BCUT2D eigenvalue weighted by atomic mass is 9.59. The topological polar surface area (TPSA) is 98.5 Å². The van der Waals surface area contributed by atoms with Crippen molar-refractivity contribution in [3.05, 3.63) is 100 Å². The minimum Gasteiger partial charge on any atom is -0.493 e. The molecule has 8 nitrogen and oxygen atoms in total. The van der Waals surface area contributed by atoms with Gasteiger partial charge < -0.3 is 19.9 Å². The molecule has 2 heterocycles. The Balaban J connectivity index is 1.13. The van der Waals surface area contributed by atoms with Gasteiger partial charge in [-0.2, -0.15) is 5.10 Å². The number of aryl methyl sites for hydroxylation is 2. The Bertz CT molecular complexity index is 1810. The number of rotatable bonds is 11. The number of anilines is 1. The Labute approximate surface area is 294 Å². The van der Waals surface area contributed by atoms with E-state index in [1.165, 1.54) is 35.2 Å². The average molecular weight is 683 g/mol. The smallest absolute Gasteiger partial charge is 0.329 e. The second kappa shape index (κ2) is 13.7. The van der Waals surface area contributed by atoms with Crippen molar-refractivity contribution < 1.29 is 19.4 Å². The molecule has 2 N–H and O–H groups in total. The van der Waals surface area contributed by atoms with Crippen LogP contribution >= 0.6 is 11.6 Å². The van der Waals surface area contributed by atoms with E-state index in [1.807, 2.05) is 42.2 Å². The fourth-order valence-electron chi connectivity index (χ4n) is 8.87. The number of nitrogens with one attached hydrogen (secondary N) is 1. The van der Waals surface area contributed by atoms with Crippen molar-refractivity contribution in [1.82, 2.24) is 14.8 Å². The second-order valence-corrected chi connectivity index (χ2v) is 15.2. The van der Waals surface area contributed by atoms with E-state index in [0.29, 0.717) is 48.8 Å². The molecule has 258 valence electrons. The largest absolute Gasteiger partial charge is 0.493 e. The van der Waals surface area contributed by atoms with Crippen LogP contribution in [-0.4, -0.2) is 38.0 Å². The molecule has 0 aliphatic heterocycles. The number of aromatic nitrogens is 3. The van der Waals surface area contributed by atoms with E-state index >= 15 is 0 Å². The Hall–Kier alpha value is -4.04. The highest BCUT2D eigenvalue weighted by molar-refractivity contribution is 6.30. The van der Waals surface area contributed by atoms with E-state index < -0.39 is 11.5 Å². The van der Waals surface area contributed by atoms with Crippen LogP contribution in [0.15, 0.2) is 67.0 Å². The van der Waals surface area contributed by atoms with Crippen molar-refractivity contribution in [2.24, 2.45) is 18.9 Å². The van der Waals surface area contributed by atoms with Crippen LogP contribution in [0, 0.1) is 11.8 Å². The lowest BCUT2D eigenvalue weighted by molar-refractivity contribution is -0.144. The van der Waals surface area contributed by atoms with Crippen molar-refractivity contribution in [3.8, 4) is 11.5 Å². The van der Waals surface area contributed by atoms with E-state index in [9.17, 15) is 9.90 Å². The van der Waals surface area contributed by atoms with Crippen molar-refractivity contribution in [3.63, 3.8) is 0 Å². The summed E-state index contributed by atoms with van der Waals surface area (Å²) in [5.41, 5.74) is 5.64. The number of halogens is 1. The van der Waals surface area contributed by atoms with E-state index in [1.54, 1.807) is 18.3 Å². The number of hydrogen-bond acceptors (Lipinski definition) is 6. The van der Waals surface area contributed by atoms with Gasteiger partial charge in [-0.05, 0) is 135 Å². The van der Waals surface area contributed by atoms with Crippen LogP contribution in [0.1, 0.15) is 92.8 Å². The second-order valence-electron chi connectivity index (χ2n) is 14.7. The van der Waals surface area contributed by atoms with Crippen LogP contribution < -0.4 is 14.8 Å². The Morgan fingerprint density at radius 1 is 1.10 bits per heavy atom.